The molecule has 4 nitrogen and oxygen atoms in total. The predicted octanol–water partition coefficient (Wildman–Crippen LogP) is 4.25. The van der Waals surface area contributed by atoms with Crippen molar-refractivity contribution in [2.24, 2.45) is 28.6 Å². The summed E-state index contributed by atoms with van der Waals surface area (Å²) in [6, 6.07) is 1.75. The number of Topliss-reactive ketones (excluding diaryl/α,β-unsaturated/α-hetero) is 1. The van der Waals surface area contributed by atoms with Gasteiger partial charge in [-0.3, -0.25) is 9.59 Å². The van der Waals surface area contributed by atoms with Gasteiger partial charge in [0.15, 0.2) is 5.78 Å². The van der Waals surface area contributed by atoms with Crippen molar-refractivity contribution in [2.75, 3.05) is 0 Å². The first kappa shape index (κ1) is 15.9. The van der Waals surface area contributed by atoms with Crippen LogP contribution in [0.25, 0.3) is 0 Å². The van der Waals surface area contributed by atoms with E-state index in [0.717, 1.165) is 25.7 Å². The van der Waals surface area contributed by atoms with E-state index in [9.17, 15) is 9.59 Å². The van der Waals surface area contributed by atoms with Gasteiger partial charge >= 0.3 is 5.97 Å². The summed E-state index contributed by atoms with van der Waals surface area (Å²) in [7, 11) is 0. The van der Waals surface area contributed by atoms with E-state index in [1.165, 1.54) is 6.26 Å². The Morgan fingerprint density at radius 1 is 1.33 bits per heavy atom. The third kappa shape index (κ3) is 1.98. The predicted molar refractivity (Wildman–Crippen MR) is 88.4 cm³/mol. The SMILES string of the molecule is C[C@@H]1C[C@@H]2OC(=O)[C@@H]3CCC[C@H]([C@]1(C)CC(=O)c1ccoc1)[C@@]23C. The lowest BCUT2D eigenvalue weighted by molar-refractivity contribution is -0.148. The van der Waals surface area contributed by atoms with E-state index in [1.807, 2.05) is 0 Å². The fourth-order valence-electron chi connectivity index (χ4n) is 6.01. The summed E-state index contributed by atoms with van der Waals surface area (Å²) in [6.45, 7) is 6.72. The molecule has 0 radical (unpaired) electrons. The van der Waals surface area contributed by atoms with Crippen LogP contribution in [0.15, 0.2) is 23.0 Å². The number of hydrogen-bond acceptors (Lipinski definition) is 4. The van der Waals surface area contributed by atoms with Gasteiger partial charge < -0.3 is 9.15 Å². The standard InChI is InChI=1S/C20H26O4/c1-12-9-17-20(3)14(18(22)24-17)5-4-6-16(20)19(12,2)10-15(21)13-7-8-23-11-13/h7-8,11-12,14,16-17H,4-6,9-10H2,1-3H3/t12-,14+,16-,17+,19-,20+/m1/s1. The van der Waals surface area contributed by atoms with Crippen LogP contribution in [0.1, 0.15) is 63.2 Å². The van der Waals surface area contributed by atoms with Crippen molar-refractivity contribution < 1.29 is 18.7 Å². The molecule has 0 aromatic carbocycles. The Bertz CT molecular complexity index is 663. The molecule has 2 saturated carbocycles. The molecule has 2 aliphatic carbocycles. The van der Waals surface area contributed by atoms with Gasteiger partial charge in [0, 0.05) is 11.8 Å². The Labute approximate surface area is 142 Å². The molecule has 0 unspecified atom stereocenters. The molecule has 130 valence electrons. The fourth-order valence-corrected chi connectivity index (χ4v) is 6.01. The first-order valence-electron chi connectivity index (χ1n) is 9.13. The molecule has 2 heterocycles. The normalized spacial score (nSPS) is 44.0. The van der Waals surface area contributed by atoms with E-state index in [4.69, 9.17) is 9.15 Å². The first-order chi connectivity index (χ1) is 11.4. The molecule has 1 aromatic rings. The highest BCUT2D eigenvalue weighted by molar-refractivity contribution is 5.96. The van der Waals surface area contributed by atoms with Crippen LogP contribution in [-0.2, 0) is 9.53 Å². The molecule has 1 saturated heterocycles. The van der Waals surface area contributed by atoms with Crippen molar-refractivity contribution >= 4 is 11.8 Å². The number of carbonyl (C=O) groups is 2. The van der Waals surface area contributed by atoms with E-state index < -0.39 is 0 Å². The summed E-state index contributed by atoms with van der Waals surface area (Å²) in [5.41, 5.74) is 0.432. The second-order valence-electron chi connectivity index (χ2n) is 8.58. The third-order valence-electron chi connectivity index (χ3n) is 7.60. The zero-order chi connectivity index (χ0) is 17.1. The zero-order valence-corrected chi connectivity index (χ0v) is 14.7. The molecule has 3 fully saturated rings. The van der Waals surface area contributed by atoms with Gasteiger partial charge in [-0.1, -0.05) is 27.2 Å². The van der Waals surface area contributed by atoms with E-state index >= 15 is 0 Å². The number of esters is 1. The first-order valence-corrected chi connectivity index (χ1v) is 9.13. The molecular formula is C20H26O4. The van der Waals surface area contributed by atoms with Crippen LogP contribution in [0.2, 0.25) is 0 Å². The summed E-state index contributed by atoms with van der Waals surface area (Å²) in [5.74, 6) is 0.843. The summed E-state index contributed by atoms with van der Waals surface area (Å²) in [4.78, 5) is 25.2. The molecular weight excluding hydrogens is 304 g/mol. The minimum Gasteiger partial charge on any atom is -0.472 e. The average Bonchev–Trinajstić information content (AvgIpc) is 3.14. The molecule has 0 spiro atoms. The van der Waals surface area contributed by atoms with Crippen LogP contribution in [0, 0.1) is 28.6 Å². The maximum absolute atomic E-state index is 12.8. The van der Waals surface area contributed by atoms with Crippen molar-refractivity contribution in [3.63, 3.8) is 0 Å². The molecule has 4 rings (SSSR count). The Morgan fingerprint density at radius 3 is 2.83 bits per heavy atom. The molecule has 1 aromatic heterocycles. The van der Waals surface area contributed by atoms with Crippen LogP contribution in [-0.4, -0.2) is 17.9 Å². The van der Waals surface area contributed by atoms with Crippen LogP contribution in [0.4, 0.5) is 0 Å². The van der Waals surface area contributed by atoms with Crippen LogP contribution in [0.5, 0.6) is 0 Å². The highest BCUT2D eigenvalue weighted by atomic mass is 16.6. The van der Waals surface area contributed by atoms with Gasteiger partial charge in [-0.05, 0) is 42.6 Å². The summed E-state index contributed by atoms with van der Waals surface area (Å²) >= 11 is 0. The summed E-state index contributed by atoms with van der Waals surface area (Å²) in [5, 5.41) is 0. The average molecular weight is 330 g/mol. The lowest BCUT2D eigenvalue weighted by atomic mass is 9.44. The molecule has 4 heteroatoms. The maximum Gasteiger partial charge on any atom is 0.309 e. The lowest BCUT2D eigenvalue weighted by Gasteiger charge is -2.58. The number of hydrogen-bond donors (Lipinski definition) is 0. The smallest absolute Gasteiger partial charge is 0.309 e. The van der Waals surface area contributed by atoms with Gasteiger partial charge in [-0.25, -0.2) is 0 Å². The minimum absolute atomic E-state index is 0.00943. The highest BCUT2D eigenvalue weighted by Gasteiger charge is 2.66. The largest absolute Gasteiger partial charge is 0.472 e. The summed E-state index contributed by atoms with van der Waals surface area (Å²) < 4.78 is 10.9. The van der Waals surface area contributed by atoms with E-state index in [-0.39, 0.29) is 34.6 Å². The Morgan fingerprint density at radius 2 is 2.12 bits per heavy atom. The van der Waals surface area contributed by atoms with Crippen LogP contribution < -0.4 is 0 Å². The third-order valence-corrected chi connectivity index (χ3v) is 7.60. The van der Waals surface area contributed by atoms with Gasteiger partial charge in [0.1, 0.15) is 12.4 Å². The number of furan rings is 1. The summed E-state index contributed by atoms with van der Waals surface area (Å²) in [6.07, 6.45) is 7.56. The van der Waals surface area contributed by atoms with E-state index in [0.29, 0.717) is 23.8 Å². The zero-order valence-electron chi connectivity index (χ0n) is 14.7. The number of carbonyl (C=O) groups excluding carboxylic acids is 2. The Kier molecular flexibility index (Phi) is 3.45. The van der Waals surface area contributed by atoms with Crippen LogP contribution >= 0.6 is 0 Å². The van der Waals surface area contributed by atoms with Crippen molar-refractivity contribution in [1.29, 1.82) is 0 Å². The topological polar surface area (TPSA) is 56.5 Å². The van der Waals surface area contributed by atoms with Crippen molar-refractivity contribution in [3.8, 4) is 0 Å². The second kappa shape index (κ2) is 5.21. The quantitative estimate of drug-likeness (QED) is 0.614. The van der Waals surface area contributed by atoms with Gasteiger partial charge in [-0.2, -0.15) is 0 Å². The molecule has 6 atom stereocenters. The Hall–Kier alpha value is -1.58. The van der Waals surface area contributed by atoms with E-state index in [1.54, 1.807) is 12.3 Å². The van der Waals surface area contributed by atoms with E-state index in [2.05, 4.69) is 20.8 Å². The Balaban J connectivity index is 1.70. The van der Waals surface area contributed by atoms with Crippen molar-refractivity contribution in [2.45, 2.75) is 59.0 Å². The molecule has 1 aliphatic heterocycles. The minimum atomic E-state index is -0.118. The van der Waals surface area contributed by atoms with Gasteiger partial charge in [0.25, 0.3) is 0 Å². The monoisotopic (exact) mass is 330 g/mol. The molecule has 3 aliphatic rings. The molecule has 0 amide bonds. The second-order valence-corrected chi connectivity index (χ2v) is 8.58. The van der Waals surface area contributed by atoms with Gasteiger partial charge in [0.05, 0.1) is 17.7 Å². The maximum atomic E-state index is 12.8. The van der Waals surface area contributed by atoms with Crippen molar-refractivity contribution in [1.82, 2.24) is 0 Å². The van der Waals surface area contributed by atoms with Crippen molar-refractivity contribution in [3.05, 3.63) is 24.2 Å². The lowest BCUT2D eigenvalue weighted by Crippen LogP contribution is -2.57. The highest BCUT2D eigenvalue weighted by Crippen LogP contribution is 2.66. The van der Waals surface area contributed by atoms with Gasteiger partial charge in [-0.15, -0.1) is 0 Å². The number of rotatable bonds is 3. The number of ketones is 1. The fraction of sp³-hybridized carbons (Fsp3) is 0.700. The molecule has 0 N–H and O–H groups in total. The molecule has 0 bridgehead atoms. The number of ether oxygens (including phenoxy) is 1. The van der Waals surface area contributed by atoms with Crippen LogP contribution in [0.3, 0.4) is 0 Å². The molecule has 24 heavy (non-hydrogen) atoms. The van der Waals surface area contributed by atoms with Gasteiger partial charge in [0.2, 0.25) is 0 Å².